The number of nitrogen functional groups attached to an aromatic ring is 1. The molecule has 1 saturated heterocycles. The van der Waals surface area contributed by atoms with Crippen LogP contribution in [-0.4, -0.2) is 13.1 Å². The largest absolute Gasteiger partial charge is 0.399 e. The molecule has 1 fully saturated rings. The molecule has 1 aliphatic rings. The third-order valence-corrected chi connectivity index (χ3v) is 3.38. The lowest BCUT2D eigenvalue weighted by Crippen LogP contribution is -2.40. The van der Waals surface area contributed by atoms with Gasteiger partial charge >= 0.3 is 0 Å². The summed E-state index contributed by atoms with van der Waals surface area (Å²) in [7, 11) is 0. The normalized spacial score (nSPS) is 18.8. The van der Waals surface area contributed by atoms with Gasteiger partial charge < -0.3 is 10.6 Å². The van der Waals surface area contributed by atoms with E-state index in [9.17, 15) is 5.26 Å². The summed E-state index contributed by atoms with van der Waals surface area (Å²) >= 11 is 0. The van der Waals surface area contributed by atoms with E-state index < -0.39 is 0 Å². The summed E-state index contributed by atoms with van der Waals surface area (Å²) in [6.07, 6.45) is 2.43. The average molecular weight is 229 g/mol. The molecule has 17 heavy (non-hydrogen) atoms. The zero-order chi connectivity index (χ0) is 12.5. The summed E-state index contributed by atoms with van der Waals surface area (Å²) in [6.45, 7) is 6.60. The number of hydrogen-bond acceptors (Lipinski definition) is 3. The summed E-state index contributed by atoms with van der Waals surface area (Å²) in [5, 5.41) is 9.17. The van der Waals surface area contributed by atoms with Crippen LogP contribution in [0.25, 0.3) is 0 Å². The van der Waals surface area contributed by atoms with Crippen LogP contribution in [0.4, 0.5) is 11.4 Å². The highest BCUT2D eigenvalue weighted by molar-refractivity contribution is 5.64. The van der Waals surface area contributed by atoms with Crippen LogP contribution in [0, 0.1) is 16.7 Å². The molecule has 1 aliphatic heterocycles. The minimum absolute atomic E-state index is 0.326. The average Bonchev–Trinajstić information content (AvgIpc) is 2.27. The van der Waals surface area contributed by atoms with Crippen LogP contribution in [-0.2, 0) is 0 Å². The van der Waals surface area contributed by atoms with E-state index >= 15 is 0 Å². The summed E-state index contributed by atoms with van der Waals surface area (Å²) in [5.41, 5.74) is 8.40. The maximum absolute atomic E-state index is 9.17. The van der Waals surface area contributed by atoms with Crippen LogP contribution in [0.3, 0.4) is 0 Å². The number of nitriles is 1. The van der Waals surface area contributed by atoms with E-state index in [0.717, 1.165) is 18.8 Å². The number of hydrogen-bond donors (Lipinski definition) is 1. The van der Waals surface area contributed by atoms with E-state index in [1.807, 2.05) is 12.1 Å². The van der Waals surface area contributed by atoms with Gasteiger partial charge in [-0.3, -0.25) is 0 Å². The maximum Gasteiger partial charge on any atom is 0.101 e. The molecule has 90 valence electrons. The number of anilines is 2. The van der Waals surface area contributed by atoms with Crippen LogP contribution >= 0.6 is 0 Å². The smallest absolute Gasteiger partial charge is 0.101 e. The first-order chi connectivity index (χ1) is 8.02. The lowest BCUT2D eigenvalue weighted by molar-refractivity contribution is 0.293. The Hall–Kier alpha value is -1.69. The van der Waals surface area contributed by atoms with Crippen molar-refractivity contribution in [2.24, 2.45) is 5.41 Å². The number of benzene rings is 1. The van der Waals surface area contributed by atoms with E-state index in [1.54, 1.807) is 6.07 Å². The van der Waals surface area contributed by atoms with Crippen LogP contribution < -0.4 is 10.6 Å². The first-order valence-electron chi connectivity index (χ1n) is 6.06. The molecule has 3 heteroatoms. The van der Waals surface area contributed by atoms with Gasteiger partial charge in [-0.2, -0.15) is 5.26 Å². The molecule has 1 aromatic carbocycles. The molecule has 0 bridgehead atoms. The molecule has 0 radical (unpaired) electrons. The predicted molar refractivity (Wildman–Crippen MR) is 70.8 cm³/mol. The second-order valence-electron chi connectivity index (χ2n) is 5.58. The van der Waals surface area contributed by atoms with E-state index in [2.05, 4.69) is 24.8 Å². The highest BCUT2D eigenvalue weighted by atomic mass is 15.1. The molecule has 3 nitrogen and oxygen atoms in total. The first kappa shape index (κ1) is 11.8. The van der Waals surface area contributed by atoms with Crippen LogP contribution in [0.2, 0.25) is 0 Å². The molecular formula is C14H19N3. The lowest BCUT2D eigenvalue weighted by atomic mass is 9.84. The Labute approximate surface area is 103 Å². The van der Waals surface area contributed by atoms with Gasteiger partial charge in [0.2, 0.25) is 0 Å². The molecule has 0 unspecified atom stereocenters. The van der Waals surface area contributed by atoms with Crippen LogP contribution in [0.1, 0.15) is 32.3 Å². The van der Waals surface area contributed by atoms with Gasteiger partial charge in [0.15, 0.2) is 0 Å². The van der Waals surface area contributed by atoms with Gasteiger partial charge in [-0.15, -0.1) is 0 Å². The molecule has 2 rings (SSSR count). The Kier molecular flexibility index (Phi) is 2.97. The zero-order valence-corrected chi connectivity index (χ0v) is 10.5. The molecule has 2 N–H and O–H groups in total. The maximum atomic E-state index is 9.17. The third-order valence-electron chi connectivity index (χ3n) is 3.38. The molecule has 0 saturated carbocycles. The standard InChI is InChI=1S/C14H19N3/c1-14(2)6-3-7-17(10-14)13-5-4-12(16)8-11(13)9-15/h4-5,8H,3,6-7,10,16H2,1-2H3. The number of nitrogens with zero attached hydrogens (tertiary/aromatic N) is 2. The van der Waals surface area contributed by atoms with Crippen molar-refractivity contribution < 1.29 is 0 Å². The van der Waals surface area contributed by atoms with Gasteiger partial charge in [-0.25, -0.2) is 0 Å². The fraction of sp³-hybridized carbons (Fsp3) is 0.500. The van der Waals surface area contributed by atoms with Crippen molar-refractivity contribution in [2.75, 3.05) is 23.7 Å². The van der Waals surface area contributed by atoms with Crippen molar-refractivity contribution in [1.29, 1.82) is 5.26 Å². The Morgan fingerprint density at radius 2 is 2.18 bits per heavy atom. The van der Waals surface area contributed by atoms with Gasteiger partial charge in [0.25, 0.3) is 0 Å². The zero-order valence-electron chi connectivity index (χ0n) is 10.5. The number of piperidine rings is 1. The quantitative estimate of drug-likeness (QED) is 0.753. The van der Waals surface area contributed by atoms with Gasteiger partial charge in [0, 0.05) is 18.8 Å². The predicted octanol–water partition coefficient (Wildman–Crippen LogP) is 2.77. The first-order valence-corrected chi connectivity index (χ1v) is 6.06. The molecule has 0 aromatic heterocycles. The SMILES string of the molecule is CC1(C)CCCN(c2ccc(N)cc2C#N)C1. The van der Waals surface area contributed by atoms with Crippen molar-refractivity contribution in [3.8, 4) is 6.07 Å². The van der Waals surface area contributed by atoms with Crippen molar-refractivity contribution in [3.05, 3.63) is 23.8 Å². The molecule has 1 heterocycles. The second-order valence-corrected chi connectivity index (χ2v) is 5.58. The molecule has 1 aromatic rings. The van der Waals surface area contributed by atoms with Gasteiger partial charge in [0.1, 0.15) is 6.07 Å². The van der Waals surface area contributed by atoms with Crippen molar-refractivity contribution in [3.63, 3.8) is 0 Å². The minimum Gasteiger partial charge on any atom is -0.399 e. The number of nitrogens with two attached hydrogens (primary N) is 1. The minimum atomic E-state index is 0.326. The van der Waals surface area contributed by atoms with Crippen molar-refractivity contribution in [2.45, 2.75) is 26.7 Å². The van der Waals surface area contributed by atoms with Gasteiger partial charge in [-0.05, 0) is 36.5 Å². The van der Waals surface area contributed by atoms with Crippen LogP contribution in [0.5, 0.6) is 0 Å². The fourth-order valence-electron chi connectivity index (χ4n) is 2.55. The number of rotatable bonds is 1. The molecular weight excluding hydrogens is 210 g/mol. The highest BCUT2D eigenvalue weighted by Gasteiger charge is 2.27. The van der Waals surface area contributed by atoms with E-state index in [0.29, 0.717) is 16.7 Å². The van der Waals surface area contributed by atoms with E-state index in [4.69, 9.17) is 5.73 Å². The topological polar surface area (TPSA) is 53.0 Å². The Balaban J connectivity index is 2.31. The monoisotopic (exact) mass is 229 g/mol. The highest BCUT2D eigenvalue weighted by Crippen LogP contribution is 2.33. The summed E-state index contributed by atoms with van der Waals surface area (Å²) in [5.74, 6) is 0. The van der Waals surface area contributed by atoms with Crippen molar-refractivity contribution in [1.82, 2.24) is 0 Å². The molecule has 0 atom stereocenters. The fourth-order valence-corrected chi connectivity index (χ4v) is 2.55. The second kappa shape index (κ2) is 4.29. The lowest BCUT2D eigenvalue weighted by Gasteiger charge is -2.39. The van der Waals surface area contributed by atoms with Crippen molar-refractivity contribution >= 4 is 11.4 Å². The molecule has 0 amide bonds. The molecule has 0 spiro atoms. The Morgan fingerprint density at radius 3 is 2.82 bits per heavy atom. The van der Waals surface area contributed by atoms with Gasteiger partial charge in [-0.1, -0.05) is 13.8 Å². The summed E-state index contributed by atoms with van der Waals surface area (Å²) in [4.78, 5) is 2.31. The Bertz CT molecular complexity index is 457. The summed E-state index contributed by atoms with van der Waals surface area (Å²) < 4.78 is 0. The third kappa shape index (κ3) is 2.52. The van der Waals surface area contributed by atoms with E-state index in [-0.39, 0.29) is 0 Å². The van der Waals surface area contributed by atoms with E-state index in [1.165, 1.54) is 12.8 Å². The van der Waals surface area contributed by atoms with Gasteiger partial charge in [0.05, 0.1) is 11.3 Å². The van der Waals surface area contributed by atoms with Crippen LogP contribution in [0.15, 0.2) is 18.2 Å². The molecule has 0 aliphatic carbocycles. The Morgan fingerprint density at radius 1 is 1.41 bits per heavy atom. The summed E-state index contributed by atoms with van der Waals surface area (Å²) in [6, 6.07) is 7.84.